The molecule has 0 spiro atoms. The molecule has 5 heteroatoms. The average Bonchev–Trinajstić information content (AvgIpc) is 3.11. The van der Waals surface area contributed by atoms with E-state index >= 15 is 0 Å². The molecule has 2 aromatic rings. The molecule has 0 aliphatic carbocycles. The summed E-state index contributed by atoms with van der Waals surface area (Å²) in [5.41, 5.74) is 2.26. The summed E-state index contributed by atoms with van der Waals surface area (Å²) in [6.45, 7) is 7.52. The first kappa shape index (κ1) is 16.3. The van der Waals surface area contributed by atoms with Crippen LogP contribution in [0.5, 0.6) is 0 Å². The first-order chi connectivity index (χ1) is 10.2. The smallest absolute Gasteiger partial charge is 0.173 e. The molecule has 4 nitrogen and oxygen atoms in total. The monoisotopic (exact) mass is 353 g/mol. The minimum absolute atomic E-state index is 0.221. The SMILES string of the molecule is CCCNC(Cc1ccn(C(C)CC)n1)c1ccoc1Br. The van der Waals surface area contributed by atoms with Crippen LogP contribution in [-0.4, -0.2) is 16.3 Å². The number of rotatable bonds is 8. The Bertz CT molecular complexity index is 549. The Balaban J connectivity index is 2.11. The van der Waals surface area contributed by atoms with Gasteiger partial charge in [-0.05, 0) is 54.4 Å². The molecule has 0 aromatic carbocycles. The van der Waals surface area contributed by atoms with Crippen LogP contribution in [0, 0.1) is 0 Å². The van der Waals surface area contributed by atoms with E-state index in [9.17, 15) is 0 Å². The molecule has 0 saturated heterocycles. The fourth-order valence-corrected chi connectivity index (χ4v) is 2.81. The molecule has 1 N–H and O–H groups in total. The first-order valence-electron chi connectivity index (χ1n) is 7.66. The molecule has 2 heterocycles. The quantitative estimate of drug-likeness (QED) is 0.759. The van der Waals surface area contributed by atoms with E-state index in [1.54, 1.807) is 6.26 Å². The minimum Gasteiger partial charge on any atom is -0.457 e. The third-order valence-corrected chi connectivity index (χ3v) is 4.43. The Morgan fingerprint density at radius 1 is 1.38 bits per heavy atom. The maximum Gasteiger partial charge on any atom is 0.173 e. The Labute approximate surface area is 135 Å². The fraction of sp³-hybridized carbons (Fsp3) is 0.562. The molecule has 0 radical (unpaired) electrons. The van der Waals surface area contributed by atoms with Gasteiger partial charge in [-0.1, -0.05) is 13.8 Å². The molecular formula is C16H24BrN3O. The second kappa shape index (κ2) is 7.80. The van der Waals surface area contributed by atoms with E-state index in [2.05, 4.69) is 59.0 Å². The van der Waals surface area contributed by atoms with Gasteiger partial charge in [0.25, 0.3) is 0 Å². The second-order valence-corrected chi connectivity index (χ2v) is 6.13. The van der Waals surface area contributed by atoms with Gasteiger partial charge >= 0.3 is 0 Å². The van der Waals surface area contributed by atoms with Crippen LogP contribution in [0.15, 0.2) is 33.7 Å². The number of aromatic nitrogens is 2. The zero-order chi connectivity index (χ0) is 15.2. The summed E-state index contributed by atoms with van der Waals surface area (Å²) in [6.07, 6.45) is 6.85. The molecule has 2 unspecified atom stereocenters. The van der Waals surface area contributed by atoms with E-state index in [-0.39, 0.29) is 6.04 Å². The second-order valence-electron chi connectivity index (χ2n) is 5.40. The minimum atomic E-state index is 0.221. The van der Waals surface area contributed by atoms with Crippen LogP contribution in [-0.2, 0) is 6.42 Å². The highest BCUT2D eigenvalue weighted by atomic mass is 79.9. The van der Waals surface area contributed by atoms with Crippen LogP contribution in [0.2, 0.25) is 0 Å². The standard InChI is InChI=1S/C16H24BrN3O/c1-4-8-18-15(14-7-10-21-16(14)17)11-13-6-9-20(19-13)12(3)5-2/h6-7,9-10,12,15,18H,4-5,8,11H2,1-3H3. The molecule has 0 amide bonds. The highest BCUT2D eigenvalue weighted by Gasteiger charge is 2.18. The lowest BCUT2D eigenvalue weighted by Crippen LogP contribution is -2.24. The van der Waals surface area contributed by atoms with Gasteiger partial charge in [-0.25, -0.2) is 0 Å². The largest absolute Gasteiger partial charge is 0.457 e. The summed E-state index contributed by atoms with van der Waals surface area (Å²) < 4.78 is 8.23. The van der Waals surface area contributed by atoms with Crippen molar-refractivity contribution in [1.82, 2.24) is 15.1 Å². The number of furan rings is 1. The van der Waals surface area contributed by atoms with E-state index in [0.29, 0.717) is 6.04 Å². The van der Waals surface area contributed by atoms with Crippen LogP contribution in [0.4, 0.5) is 0 Å². The molecule has 0 aliphatic rings. The Morgan fingerprint density at radius 2 is 2.19 bits per heavy atom. The summed E-state index contributed by atoms with van der Waals surface area (Å²) >= 11 is 3.48. The van der Waals surface area contributed by atoms with Crippen molar-refractivity contribution in [3.8, 4) is 0 Å². The van der Waals surface area contributed by atoms with Gasteiger partial charge in [-0.15, -0.1) is 0 Å². The van der Waals surface area contributed by atoms with Gasteiger partial charge in [-0.3, -0.25) is 4.68 Å². The van der Waals surface area contributed by atoms with Crippen molar-refractivity contribution in [2.75, 3.05) is 6.54 Å². The summed E-state index contributed by atoms with van der Waals surface area (Å²) in [6, 6.07) is 4.80. The van der Waals surface area contributed by atoms with Gasteiger partial charge in [0.05, 0.1) is 12.0 Å². The van der Waals surface area contributed by atoms with Crippen molar-refractivity contribution in [2.45, 2.75) is 52.1 Å². The average molecular weight is 354 g/mol. The van der Waals surface area contributed by atoms with Crippen molar-refractivity contribution in [3.05, 3.63) is 40.5 Å². The van der Waals surface area contributed by atoms with Gasteiger partial charge in [0, 0.05) is 30.3 Å². The normalized spacial score (nSPS) is 14.3. The van der Waals surface area contributed by atoms with E-state index < -0.39 is 0 Å². The van der Waals surface area contributed by atoms with Crippen molar-refractivity contribution in [1.29, 1.82) is 0 Å². The van der Waals surface area contributed by atoms with E-state index in [4.69, 9.17) is 9.52 Å². The molecule has 0 aliphatic heterocycles. The van der Waals surface area contributed by atoms with Crippen LogP contribution in [0.3, 0.4) is 0 Å². The molecule has 116 valence electrons. The van der Waals surface area contributed by atoms with Crippen LogP contribution in [0.1, 0.15) is 57.0 Å². The predicted molar refractivity (Wildman–Crippen MR) is 88.4 cm³/mol. The molecule has 0 saturated carbocycles. The molecular weight excluding hydrogens is 330 g/mol. The van der Waals surface area contributed by atoms with Gasteiger partial charge in [0.2, 0.25) is 0 Å². The molecule has 0 fully saturated rings. The van der Waals surface area contributed by atoms with Crippen LogP contribution in [0.25, 0.3) is 0 Å². The Morgan fingerprint density at radius 3 is 2.81 bits per heavy atom. The summed E-state index contributed by atoms with van der Waals surface area (Å²) in [7, 11) is 0. The van der Waals surface area contributed by atoms with Crippen molar-refractivity contribution in [3.63, 3.8) is 0 Å². The van der Waals surface area contributed by atoms with E-state index in [0.717, 1.165) is 41.7 Å². The van der Waals surface area contributed by atoms with Crippen molar-refractivity contribution >= 4 is 15.9 Å². The van der Waals surface area contributed by atoms with Gasteiger partial charge < -0.3 is 9.73 Å². The predicted octanol–water partition coefficient (Wildman–Crippen LogP) is 4.49. The van der Waals surface area contributed by atoms with Crippen LogP contribution < -0.4 is 5.32 Å². The number of nitrogens with one attached hydrogen (secondary N) is 1. The maximum atomic E-state index is 5.38. The third kappa shape index (κ3) is 4.20. The molecule has 2 rings (SSSR count). The summed E-state index contributed by atoms with van der Waals surface area (Å²) in [5, 5.41) is 8.27. The first-order valence-corrected chi connectivity index (χ1v) is 8.45. The van der Waals surface area contributed by atoms with E-state index in [1.165, 1.54) is 0 Å². The lowest BCUT2D eigenvalue weighted by atomic mass is 10.1. The molecule has 21 heavy (non-hydrogen) atoms. The number of halogens is 1. The molecule has 0 bridgehead atoms. The van der Waals surface area contributed by atoms with E-state index in [1.807, 2.05) is 6.07 Å². The zero-order valence-corrected chi connectivity index (χ0v) is 14.6. The third-order valence-electron chi connectivity index (χ3n) is 3.78. The van der Waals surface area contributed by atoms with Gasteiger partial charge in [0.15, 0.2) is 4.67 Å². The highest BCUT2D eigenvalue weighted by molar-refractivity contribution is 9.10. The number of hydrogen-bond donors (Lipinski definition) is 1. The summed E-state index contributed by atoms with van der Waals surface area (Å²) in [5.74, 6) is 0. The Kier molecular flexibility index (Phi) is 6.06. The highest BCUT2D eigenvalue weighted by Crippen LogP contribution is 2.27. The lowest BCUT2D eigenvalue weighted by Gasteiger charge is -2.16. The lowest BCUT2D eigenvalue weighted by molar-refractivity contribution is 0.462. The number of hydrogen-bond acceptors (Lipinski definition) is 3. The molecule has 2 aromatic heterocycles. The van der Waals surface area contributed by atoms with Crippen LogP contribution >= 0.6 is 15.9 Å². The summed E-state index contributed by atoms with van der Waals surface area (Å²) in [4.78, 5) is 0. The molecule has 2 atom stereocenters. The maximum absolute atomic E-state index is 5.38. The zero-order valence-electron chi connectivity index (χ0n) is 13.0. The topological polar surface area (TPSA) is 43.0 Å². The van der Waals surface area contributed by atoms with Gasteiger partial charge in [-0.2, -0.15) is 5.10 Å². The fourth-order valence-electron chi connectivity index (χ4n) is 2.29. The Hall–Kier alpha value is -1.07. The van der Waals surface area contributed by atoms with Gasteiger partial charge in [0.1, 0.15) is 0 Å². The van der Waals surface area contributed by atoms with Crippen molar-refractivity contribution in [2.24, 2.45) is 0 Å². The number of nitrogens with zero attached hydrogens (tertiary/aromatic N) is 2. The van der Waals surface area contributed by atoms with Crippen molar-refractivity contribution < 1.29 is 4.42 Å².